The summed E-state index contributed by atoms with van der Waals surface area (Å²) in [4.78, 5) is 10.3. The normalized spacial score (nSPS) is 17.2. The van der Waals surface area contributed by atoms with Crippen LogP contribution in [-0.2, 0) is 0 Å². The van der Waals surface area contributed by atoms with E-state index in [1.165, 1.54) is 19.0 Å². The summed E-state index contributed by atoms with van der Waals surface area (Å²) in [5, 5.41) is 3.71. The molecule has 1 aliphatic rings. The number of nitrogens with one attached hydrogen (secondary N) is 1. The molecular formula is C11H18ClN5. The smallest absolute Gasteiger partial charge is 0.222 e. The molecule has 0 aromatic carbocycles. The number of nitrogens with two attached hydrogens (primary N) is 1. The monoisotopic (exact) mass is 255 g/mol. The minimum atomic E-state index is 0.236. The average Bonchev–Trinajstić information content (AvgIpc) is 3.13. The van der Waals surface area contributed by atoms with Gasteiger partial charge in [0.1, 0.15) is 5.02 Å². The Hall–Kier alpha value is -1.07. The van der Waals surface area contributed by atoms with Gasteiger partial charge in [-0.2, -0.15) is 4.98 Å². The Morgan fingerprint density at radius 1 is 1.65 bits per heavy atom. The predicted molar refractivity (Wildman–Crippen MR) is 70.2 cm³/mol. The van der Waals surface area contributed by atoms with Gasteiger partial charge >= 0.3 is 0 Å². The van der Waals surface area contributed by atoms with E-state index in [0.717, 1.165) is 12.6 Å². The maximum Gasteiger partial charge on any atom is 0.222 e. The van der Waals surface area contributed by atoms with Crippen molar-refractivity contribution in [1.82, 2.24) is 14.9 Å². The fourth-order valence-corrected chi connectivity index (χ4v) is 1.89. The Balaban J connectivity index is 1.90. The number of rotatable bonds is 5. The first-order chi connectivity index (χ1) is 8.08. The lowest BCUT2D eigenvalue weighted by Crippen LogP contribution is -2.36. The molecule has 0 spiro atoms. The van der Waals surface area contributed by atoms with Gasteiger partial charge < -0.3 is 11.1 Å². The van der Waals surface area contributed by atoms with Gasteiger partial charge in [0, 0.05) is 18.6 Å². The molecule has 0 amide bonds. The van der Waals surface area contributed by atoms with E-state index in [1.54, 1.807) is 0 Å². The van der Waals surface area contributed by atoms with E-state index < -0.39 is 0 Å². The van der Waals surface area contributed by atoms with E-state index in [2.05, 4.69) is 34.2 Å². The number of likely N-dealkylation sites (N-methyl/N-ethyl adjacent to an activating group) is 1. The Kier molecular flexibility index (Phi) is 3.69. The minimum absolute atomic E-state index is 0.236. The molecule has 1 fully saturated rings. The van der Waals surface area contributed by atoms with Gasteiger partial charge in [-0.1, -0.05) is 11.6 Å². The van der Waals surface area contributed by atoms with Crippen LogP contribution in [0, 0.1) is 0 Å². The van der Waals surface area contributed by atoms with Crippen LogP contribution in [0.3, 0.4) is 0 Å². The molecule has 2 rings (SSSR count). The third-order valence-corrected chi connectivity index (χ3v) is 3.42. The molecule has 17 heavy (non-hydrogen) atoms. The highest BCUT2D eigenvalue weighted by molar-refractivity contribution is 6.32. The molecule has 5 nitrogen and oxygen atoms in total. The van der Waals surface area contributed by atoms with Gasteiger partial charge in [-0.05, 0) is 26.8 Å². The van der Waals surface area contributed by atoms with Crippen LogP contribution >= 0.6 is 11.6 Å². The van der Waals surface area contributed by atoms with Crippen LogP contribution in [0.1, 0.15) is 19.8 Å². The molecule has 1 unspecified atom stereocenters. The van der Waals surface area contributed by atoms with Gasteiger partial charge in [0.15, 0.2) is 5.82 Å². The maximum absolute atomic E-state index is 5.98. The summed E-state index contributed by atoms with van der Waals surface area (Å²) < 4.78 is 0. The Morgan fingerprint density at radius 3 is 3.00 bits per heavy atom. The summed E-state index contributed by atoms with van der Waals surface area (Å²) in [6.45, 7) is 2.98. The molecule has 0 saturated heterocycles. The number of aromatic nitrogens is 2. The van der Waals surface area contributed by atoms with Crippen LogP contribution in [0.25, 0.3) is 0 Å². The van der Waals surface area contributed by atoms with Crippen molar-refractivity contribution in [2.45, 2.75) is 31.8 Å². The van der Waals surface area contributed by atoms with Crippen molar-refractivity contribution in [1.29, 1.82) is 0 Å². The van der Waals surface area contributed by atoms with Crippen LogP contribution in [-0.4, -0.2) is 40.5 Å². The molecule has 6 heteroatoms. The van der Waals surface area contributed by atoms with E-state index in [9.17, 15) is 0 Å². The second kappa shape index (κ2) is 5.06. The van der Waals surface area contributed by atoms with Crippen LogP contribution < -0.4 is 11.1 Å². The first-order valence-electron chi connectivity index (χ1n) is 5.81. The second-order valence-electron chi connectivity index (χ2n) is 4.55. The van der Waals surface area contributed by atoms with Crippen molar-refractivity contribution in [2.24, 2.45) is 0 Å². The molecule has 1 aliphatic carbocycles. The fraction of sp³-hybridized carbons (Fsp3) is 0.636. The molecule has 1 aromatic rings. The zero-order valence-corrected chi connectivity index (χ0v) is 10.9. The SMILES string of the molecule is CC(CNc1nc(N)ncc1Cl)N(C)C1CC1. The summed E-state index contributed by atoms with van der Waals surface area (Å²) in [6.07, 6.45) is 4.13. The molecule has 1 atom stereocenters. The molecule has 0 bridgehead atoms. The molecule has 1 aromatic heterocycles. The lowest BCUT2D eigenvalue weighted by molar-refractivity contribution is 0.257. The van der Waals surface area contributed by atoms with E-state index in [0.29, 0.717) is 16.9 Å². The van der Waals surface area contributed by atoms with Crippen molar-refractivity contribution < 1.29 is 0 Å². The molecule has 0 radical (unpaired) electrons. The predicted octanol–water partition coefficient (Wildman–Crippen LogP) is 1.61. The third-order valence-electron chi connectivity index (χ3n) is 3.15. The van der Waals surface area contributed by atoms with Crippen molar-refractivity contribution in [2.75, 3.05) is 24.6 Å². The number of hydrogen-bond acceptors (Lipinski definition) is 5. The van der Waals surface area contributed by atoms with Gasteiger partial charge in [-0.3, -0.25) is 4.90 Å². The summed E-state index contributed by atoms with van der Waals surface area (Å²) in [6, 6.07) is 1.19. The van der Waals surface area contributed by atoms with Crippen molar-refractivity contribution in [3.05, 3.63) is 11.2 Å². The molecule has 1 saturated carbocycles. The van der Waals surface area contributed by atoms with Crippen LogP contribution in [0.5, 0.6) is 0 Å². The number of hydrogen-bond donors (Lipinski definition) is 2. The first-order valence-corrected chi connectivity index (χ1v) is 6.19. The number of nitrogen functional groups attached to an aromatic ring is 1. The highest BCUT2D eigenvalue weighted by atomic mass is 35.5. The van der Waals surface area contributed by atoms with Crippen LogP contribution in [0.2, 0.25) is 5.02 Å². The fourth-order valence-electron chi connectivity index (χ4n) is 1.73. The molecule has 3 N–H and O–H groups in total. The zero-order chi connectivity index (χ0) is 12.4. The topological polar surface area (TPSA) is 67.1 Å². The number of halogens is 1. The Bertz CT molecular complexity index is 393. The molecular weight excluding hydrogens is 238 g/mol. The van der Waals surface area contributed by atoms with Crippen molar-refractivity contribution in [3.8, 4) is 0 Å². The van der Waals surface area contributed by atoms with Crippen LogP contribution in [0.4, 0.5) is 11.8 Å². The van der Waals surface area contributed by atoms with Gasteiger partial charge in [0.25, 0.3) is 0 Å². The second-order valence-corrected chi connectivity index (χ2v) is 4.96. The van der Waals surface area contributed by atoms with Crippen molar-refractivity contribution in [3.63, 3.8) is 0 Å². The quantitative estimate of drug-likeness (QED) is 0.837. The largest absolute Gasteiger partial charge is 0.368 e. The molecule has 94 valence electrons. The lowest BCUT2D eigenvalue weighted by atomic mass is 10.3. The maximum atomic E-state index is 5.98. The highest BCUT2D eigenvalue weighted by Crippen LogP contribution is 2.27. The van der Waals surface area contributed by atoms with E-state index in [1.807, 2.05) is 0 Å². The van der Waals surface area contributed by atoms with Crippen molar-refractivity contribution >= 4 is 23.4 Å². The summed E-state index contributed by atoms with van der Waals surface area (Å²) in [5.41, 5.74) is 5.52. The number of nitrogens with zero attached hydrogens (tertiary/aromatic N) is 3. The Morgan fingerprint density at radius 2 is 2.35 bits per heavy atom. The van der Waals surface area contributed by atoms with E-state index >= 15 is 0 Å². The molecule has 1 heterocycles. The van der Waals surface area contributed by atoms with Crippen LogP contribution in [0.15, 0.2) is 6.20 Å². The molecule has 0 aliphatic heterocycles. The van der Waals surface area contributed by atoms with E-state index in [4.69, 9.17) is 17.3 Å². The summed E-state index contributed by atoms with van der Waals surface area (Å²) >= 11 is 5.98. The summed E-state index contributed by atoms with van der Waals surface area (Å²) in [5.74, 6) is 0.843. The van der Waals surface area contributed by atoms with Gasteiger partial charge in [-0.15, -0.1) is 0 Å². The minimum Gasteiger partial charge on any atom is -0.368 e. The lowest BCUT2D eigenvalue weighted by Gasteiger charge is -2.24. The zero-order valence-electron chi connectivity index (χ0n) is 10.2. The van der Waals surface area contributed by atoms with Gasteiger partial charge in [-0.25, -0.2) is 4.98 Å². The standard InChI is InChI=1S/C11H18ClN5/c1-7(17(2)8-3-4-8)5-14-10-9(12)6-15-11(13)16-10/h6-8H,3-5H2,1-2H3,(H3,13,14,15,16). The average molecular weight is 256 g/mol. The first kappa shape index (κ1) is 12.4. The van der Waals surface area contributed by atoms with Gasteiger partial charge in [0.05, 0.1) is 6.20 Å². The Labute approximate surface area is 106 Å². The van der Waals surface area contributed by atoms with Gasteiger partial charge in [0.2, 0.25) is 5.95 Å². The number of anilines is 2. The third kappa shape index (κ3) is 3.20. The van der Waals surface area contributed by atoms with E-state index in [-0.39, 0.29) is 5.95 Å². The summed E-state index contributed by atoms with van der Waals surface area (Å²) in [7, 11) is 2.15. The highest BCUT2D eigenvalue weighted by Gasteiger charge is 2.28.